The van der Waals surface area contributed by atoms with Gasteiger partial charge >= 0.3 is 0 Å². The van der Waals surface area contributed by atoms with Crippen molar-refractivity contribution >= 4 is 11.7 Å². The first-order valence-corrected chi connectivity index (χ1v) is 11.8. The molecule has 1 saturated heterocycles. The van der Waals surface area contributed by atoms with Gasteiger partial charge in [-0.15, -0.1) is 0 Å². The van der Waals surface area contributed by atoms with Gasteiger partial charge in [-0.3, -0.25) is 14.5 Å². The topological polar surface area (TPSA) is 77.5 Å². The molecule has 4 unspecified atom stereocenters. The smallest absolute Gasteiger partial charge is 0.290 e. The van der Waals surface area contributed by atoms with Crippen molar-refractivity contribution in [1.29, 1.82) is 0 Å². The van der Waals surface area contributed by atoms with E-state index in [1.807, 2.05) is 29.2 Å². The third kappa shape index (κ3) is 4.16. The Morgan fingerprint density at radius 1 is 1.03 bits per heavy atom. The third-order valence-electron chi connectivity index (χ3n) is 7.43. The van der Waals surface area contributed by atoms with Crippen molar-refractivity contribution in [3.05, 3.63) is 41.2 Å². The Kier molecular flexibility index (Phi) is 6.40. The number of carbonyl (C=O) groups excluding carboxylic acids is 2. The number of morpholine rings is 1. The molecule has 178 valence electrons. The van der Waals surface area contributed by atoms with Crippen molar-refractivity contribution in [2.24, 2.45) is 5.92 Å². The van der Waals surface area contributed by atoms with Crippen molar-refractivity contribution < 1.29 is 28.5 Å². The first kappa shape index (κ1) is 22.4. The normalized spacial score (nSPS) is 30.2. The molecule has 8 heteroatoms. The van der Waals surface area contributed by atoms with Gasteiger partial charge in [0.15, 0.2) is 11.5 Å². The number of fused-ring (bicyclic) bond motifs is 1. The molecule has 3 aliphatic heterocycles. The molecule has 0 aromatic heterocycles. The molecule has 1 aromatic carbocycles. The van der Waals surface area contributed by atoms with E-state index in [2.05, 4.69) is 4.90 Å². The van der Waals surface area contributed by atoms with Crippen LogP contribution in [0.25, 0.3) is 0 Å². The summed E-state index contributed by atoms with van der Waals surface area (Å²) in [5, 5.41) is 0. The summed E-state index contributed by atoms with van der Waals surface area (Å²) in [5.41, 5.74) is 1.42. The molecule has 1 aliphatic carbocycles. The SMILES string of the molecule is COc1ccc(C2C3=C(OC4CC(OC)CCC4C3=O)C(=O)N2CCN2CCOCC2)cc1. The van der Waals surface area contributed by atoms with Gasteiger partial charge in [0, 0.05) is 39.7 Å². The van der Waals surface area contributed by atoms with Gasteiger partial charge < -0.3 is 23.8 Å². The summed E-state index contributed by atoms with van der Waals surface area (Å²) in [7, 11) is 3.31. The molecule has 4 atom stereocenters. The van der Waals surface area contributed by atoms with Gasteiger partial charge in [0.05, 0.1) is 44.0 Å². The molecular formula is C25H32N2O6. The molecule has 4 aliphatic rings. The molecule has 0 radical (unpaired) electrons. The summed E-state index contributed by atoms with van der Waals surface area (Å²) in [6.45, 7) is 4.36. The van der Waals surface area contributed by atoms with Crippen LogP contribution >= 0.6 is 0 Å². The molecule has 5 rings (SSSR count). The lowest BCUT2D eigenvalue weighted by Gasteiger charge is -2.38. The van der Waals surface area contributed by atoms with Crippen LogP contribution in [0.4, 0.5) is 0 Å². The number of Topliss-reactive ketones (excluding diaryl/α,β-unsaturated/α-hetero) is 1. The van der Waals surface area contributed by atoms with Gasteiger partial charge in [-0.1, -0.05) is 12.1 Å². The number of amides is 1. The molecule has 0 spiro atoms. The number of carbonyl (C=O) groups is 2. The fourth-order valence-electron chi connectivity index (χ4n) is 5.53. The third-order valence-corrected chi connectivity index (χ3v) is 7.43. The van der Waals surface area contributed by atoms with Crippen molar-refractivity contribution in [2.75, 3.05) is 53.6 Å². The van der Waals surface area contributed by atoms with Crippen molar-refractivity contribution in [1.82, 2.24) is 9.80 Å². The van der Waals surface area contributed by atoms with E-state index in [9.17, 15) is 9.59 Å². The van der Waals surface area contributed by atoms with E-state index in [-0.39, 0.29) is 35.6 Å². The number of hydrogen-bond acceptors (Lipinski definition) is 7. The molecule has 3 heterocycles. The average Bonchev–Trinajstić information content (AvgIpc) is 3.14. The summed E-state index contributed by atoms with van der Waals surface area (Å²) >= 11 is 0. The standard InChI is InChI=1S/C25H32N2O6/c1-30-17-5-3-16(4-6-17)22-21-23(28)19-8-7-18(31-2)15-20(19)33-24(21)25(29)27(22)10-9-26-11-13-32-14-12-26/h3-6,18-20,22H,7-15H2,1-2H3. The Bertz CT molecular complexity index is 923. The fraction of sp³-hybridized carbons (Fsp3) is 0.600. The zero-order valence-electron chi connectivity index (χ0n) is 19.3. The second-order valence-electron chi connectivity index (χ2n) is 9.17. The largest absolute Gasteiger partial charge is 0.497 e. The Hall–Kier alpha value is -2.42. The highest BCUT2D eigenvalue weighted by atomic mass is 16.5. The molecule has 1 amide bonds. The summed E-state index contributed by atoms with van der Waals surface area (Å²) in [5.74, 6) is 0.620. The first-order chi connectivity index (χ1) is 16.1. The zero-order valence-corrected chi connectivity index (χ0v) is 19.3. The Balaban J connectivity index is 1.45. The minimum atomic E-state index is -0.437. The molecule has 2 fully saturated rings. The number of ether oxygens (including phenoxy) is 4. The van der Waals surface area contributed by atoms with E-state index in [0.29, 0.717) is 31.8 Å². The quantitative estimate of drug-likeness (QED) is 0.648. The van der Waals surface area contributed by atoms with Gasteiger partial charge in [0.25, 0.3) is 5.91 Å². The lowest BCUT2D eigenvalue weighted by molar-refractivity contribution is -0.138. The van der Waals surface area contributed by atoms with Crippen molar-refractivity contribution in [3.8, 4) is 5.75 Å². The van der Waals surface area contributed by atoms with Crippen LogP contribution in [0, 0.1) is 5.92 Å². The Morgan fingerprint density at radius 3 is 2.48 bits per heavy atom. The zero-order chi connectivity index (χ0) is 22.9. The van der Waals surface area contributed by atoms with Gasteiger partial charge in [0.2, 0.25) is 0 Å². The van der Waals surface area contributed by atoms with Gasteiger partial charge in [-0.2, -0.15) is 0 Å². The second kappa shape index (κ2) is 9.44. The van der Waals surface area contributed by atoms with Gasteiger partial charge in [0.1, 0.15) is 11.9 Å². The van der Waals surface area contributed by atoms with E-state index in [4.69, 9.17) is 18.9 Å². The lowest BCUT2D eigenvalue weighted by atomic mass is 9.76. The van der Waals surface area contributed by atoms with Crippen molar-refractivity contribution in [2.45, 2.75) is 37.5 Å². The van der Waals surface area contributed by atoms with Crippen LogP contribution in [0.2, 0.25) is 0 Å². The minimum absolute atomic E-state index is 0.0545. The molecular weight excluding hydrogens is 424 g/mol. The second-order valence-corrected chi connectivity index (χ2v) is 9.17. The number of methoxy groups -OCH3 is 2. The predicted octanol–water partition coefficient (Wildman–Crippen LogP) is 1.95. The molecule has 1 saturated carbocycles. The van der Waals surface area contributed by atoms with E-state index in [1.54, 1.807) is 14.2 Å². The van der Waals surface area contributed by atoms with Crippen molar-refractivity contribution in [3.63, 3.8) is 0 Å². The van der Waals surface area contributed by atoms with Crippen LogP contribution in [0.3, 0.4) is 0 Å². The molecule has 8 nitrogen and oxygen atoms in total. The molecule has 0 N–H and O–H groups in total. The van der Waals surface area contributed by atoms with E-state index in [0.717, 1.165) is 43.8 Å². The Morgan fingerprint density at radius 2 is 1.79 bits per heavy atom. The predicted molar refractivity (Wildman–Crippen MR) is 120 cm³/mol. The van der Waals surface area contributed by atoms with Crippen LogP contribution in [0.15, 0.2) is 35.6 Å². The Labute approximate surface area is 194 Å². The number of rotatable bonds is 6. The highest BCUT2D eigenvalue weighted by molar-refractivity contribution is 6.11. The van der Waals surface area contributed by atoms with Crippen LogP contribution in [-0.4, -0.2) is 87.3 Å². The summed E-state index contributed by atoms with van der Waals surface area (Å²) < 4.78 is 22.6. The number of ketones is 1. The van der Waals surface area contributed by atoms with Crippen LogP contribution in [0.5, 0.6) is 5.75 Å². The van der Waals surface area contributed by atoms with Crippen LogP contribution in [0.1, 0.15) is 30.9 Å². The monoisotopic (exact) mass is 456 g/mol. The first-order valence-electron chi connectivity index (χ1n) is 11.8. The number of nitrogens with zero attached hydrogens (tertiary/aromatic N) is 2. The van der Waals surface area contributed by atoms with E-state index in [1.165, 1.54) is 0 Å². The van der Waals surface area contributed by atoms with E-state index >= 15 is 0 Å². The summed E-state index contributed by atoms with van der Waals surface area (Å²) in [6.07, 6.45) is 1.95. The molecule has 1 aromatic rings. The summed E-state index contributed by atoms with van der Waals surface area (Å²) in [6, 6.07) is 7.19. The van der Waals surface area contributed by atoms with E-state index < -0.39 is 6.04 Å². The molecule has 0 bridgehead atoms. The van der Waals surface area contributed by atoms with Crippen LogP contribution < -0.4 is 4.74 Å². The summed E-state index contributed by atoms with van der Waals surface area (Å²) in [4.78, 5) is 31.4. The van der Waals surface area contributed by atoms with Gasteiger partial charge in [-0.05, 0) is 30.5 Å². The fourth-order valence-corrected chi connectivity index (χ4v) is 5.53. The highest BCUT2D eigenvalue weighted by Gasteiger charge is 2.52. The number of benzene rings is 1. The molecule has 33 heavy (non-hydrogen) atoms. The maximum atomic E-state index is 13.7. The lowest BCUT2D eigenvalue weighted by Crippen LogP contribution is -2.43. The minimum Gasteiger partial charge on any atom is -0.497 e. The van der Waals surface area contributed by atoms with Crippen LogP contribution in [-0.2, 0) is 23.8 Å². The maximum absolute atomic E-state index is 13.7. The highest BCUT2D eigenvalue weighted by Crippen LogP contribution is 2.47. The average molecular weight is 457 g/mol. The number of hydrogen-bond donors (Lipinski definition) is 0. The van der Waals surface area contributed by atoms with Gasteiger partial charge in [-0.25, -0.2) is 0 Å². The maximum Gasteiger partial charge on any atom is 0.290 e.